The number of pyridine rings is 1. The van der Waals surface area contributed by atoms with E-state index in [-0.39, 0.29) is 11.3 Å². The number of ether oxygens (including phenoxy) is 1. The summed E-state index contributed by atoms with van der Waals surface area (Å²) in [7, 11) is 2.08. The van der Waals surface area contributed by atoms with Crippen LogP contribution in [-0.4, -0.2) is 48.1 Å². The molecule has 2 saturated carbocycles. The van der Waals surface area contributed by atoms with E-state index in [2.05, 4.69) is 29.2 Å². The van der Waals surface area contributed by atoms with Gasteiger partial charge in [0.05, 0.1) is 12.6 Å². The number of hydrogen-bond donors (Lipinski definition) is 1. The first-order chi connectivity index (χ1) is 11.7. The van der Waals surface area contributed by atoms with Crippen molar-refractivity contribution in [2.24, 2.45) is 5.41 Å². The normalized spacial score (nSPS) is 25.0. The molecule has 0 radical (unpaired) electrons. The van der Waals surface area contributed by atoms with Crippen molar-refractivity contribution in [2.75, 3.05) is 20.2 Å². The highest BCUT2D eigenvalue weighted by molar-refractivity contribution is 5.78. The molecule has 3 rings (SSSR count). The summed E-state index contributed by atoms with van der Waals surface area (Å²) >= 11 is 0. The van der Waals surface area contributed by atoms with Gasteiger partial charge in [0.15, 0.2) is 0 Å². The summed E-state index contributed by atoms with van der Waals surface area (Å²) < 4.78 is 5.97. The van der Waals surface area contributed by atoms with Crippen LogP contribution in [-0.2, 0) is 16.1 Å². The Morgan fingerprint density at radius 1 is 1.46 bits per heavy atom. The molecule has 1 spiro atoms. The monoisotopic (exact) mass is 331 g/mol. The maximum absolute atomic E-state index is 12.3. The molecule has 1 heterocycles. The fourth-order valence-corrected chi connectivity index (χ4v) is 4.56. The van der Waals surface area contributed by atoms with Crippen LogP contribution in [0.2, 0.25) is 0 Å². The summed E-state index contributed by atoms with van der Waals surface area (Å²) in [5, 5.41) is 3.00. The van der Waals surface area contributed by atoms with Gasteiger partial charge in [-0.2, -0.15) is 0 Å². The Morgan fingerprint density at radius 3 is 2.92 bits per heavy atom. The predicted octanol–water partition coefficient (Wildman–Crippen LogP) is 2.37. The van der Waals surface area contributed by atoms with Crippen LogP contribution in [0.5, 0.6) is 0 Å². The van der Waals surface area contributed by atoms with Crippen molar-refractivity contribution in [1.82, 2.24) is 15.2 Å². The van der Waals surface area contributed by atoms with Gasteiger partial charge >= 0.3 is 0 Å². The summed E-state index contributed by atoms with van der Waals surface area (Å²) in [6, 6.07) is 4.34. The minimum atomic E-state index is 0.0781. The Labute approximate surface area is 144 Å². The lowest BCUT2D eigenvalue weighted by atomic mass is 9.60. The summed E-state index contributed by atoms with van der Waals surface area (Å²) in [5.74, 6) is 0.0781. The molecule has 24 heavy (non-hydrogen) atoms. The van der Waals surface area contributed by atoms with Crippen LogP contribution >= 0.6 is 0 Å². The largest absolute Gasteiger partial charge is 0.378 e. The predicted molar refractivity (Wildman–Crippen MR) is 93.4 cm³/mol. The van der Waals surface area contributed by atoms with Crippen molar-refractivity contribution >= 4 is 5.91 Å². The molecule has 1 N–H and O–H groups in total. The van der Waals surface area contributed by atoms with Gasteiger partial charge in [-0.25, -0.2) is 0 Å². The topological polar surface area (TPSA) is 54.5 Å². The number of nitrogens with zero attached hydrogens (tertiary/aromatic N) is 2. The molecule has 0 aliphatic heterocycles. The lowest BCUT2D eigenvalue weighted by molar-refractivity contribution is -0.163. The fraction of sp³-hybridized carbons (Fsp3) is 0.684. The van der Waals surface area contributed by atoms with Crippen molar-refractivity contribution in [1.29, 1.82) is 0 Å². The van der Waals surface area contributed by atoms with E-state index in [0.717, 1.165) is 18.6 Å². The van der Waals surface area contributed by atoms with Gasteiger partial charge in [0, 0.05) is 37.0 Å². The molecule has 2 aliphatic carbocycles. The molecule has 5 nitrogen and oxygen atoms in total. The van der Waals surface area contributed by atoms with Gasteiger partial charge in [0.2, 0.25) is 5.91 Å². The second-order valence-corrected chi connectivity index (χ2v) is 7.19. The second kappa shape index (κ2) is 7.62. The number of rotatable bonds is 7. The molecule has 1 aromatic rings. The average Bonchev–Trinajstić information content (AvgIpc) is 3.10. The number of carbonyl (C=O) groups excluding carboxylic acids is 1. The molecule has 0 unspecified atom stereocenters. The van der Waals surface area contributed by atoms with E-state index in [4.69, 9.17) is 4.74 Å². The number of nitrogens with one attached hydrogen (secondary N) is 1. The Balaban J connectivity index is 1.51. The standard InChI is InChI=1S/C19H29N3O2/c1-3-24-17-11-16(19(17)8-4-5-9-19)22(2)14-18(23)21-13-15-7-6-10-20-12-15/h6-7,10,12,16-17H,3-5,8-9,11,13-14H2,1-2H3,(H,21,23)/t16-,17-/m1/s1. The van der Waals surface area contributed by atoms with Crippen LogP contribution < -0.4 is 5.32 Å². The number of aromatic nitrogens is 1. The van der Waals surface area contributed by atoms with Gasteiger partial charge < -0.3 is 10.1 Å². The minimum Gasteiger partial charge on any atom is -0.378 e. The molecular weight excluding hydrogens is 302 g/mol. The molecule has 2 atom stereocenters. The van der Waals surface area contributed by atoms with E-state index in [1.807, 2.05) is 12.1 Å². The van der Waals surface area contributed by atoms with E-state index in [0.29, 0.717) is 25.2 Å². The number of amides is 1. The maximum atomic E-state index is 12.3. The third-order valence-electron chi connectivity index (χ3n) is 5.78. The minimum absolute atomic E-state index is 0.0781. The average molecular weight is 331 g/mol. The van der Waals surface area contributed by atoms with E-state index in [1.54, 1.807) is 12.4 Å². The molecule has 1 amide bonds. The van der Waals surface area contributed by atoms with Crippen LogP contribution in [0.1, 0.15) is 44.6 Å². The van der Waals surface area contributed by atoms with E-state index < -0.39 is 0 Å². The van der Waals surface area contributed by atoms with Crippen molar-refractivity contribution in [3.05, 3.63) is 30.1 Å². The maximum Gasteiger partial charge on any atom is 0.234 e. The van der Waals surface area contributed by atoms with E-state index in [1.165, 1.54) is 25.7 Å². The van der Waals surface area contributed by atoms with Crippen molar-refractivity contribution < 1.29 is 9.53 Å². The van der Waals surface area contributed by atoms with Crippen molar-refractivity contribution in [2.45, 2.75) is 57.7 Å². The number of likely N-dealkylation sites (N-methyl/N-ethyl adjacent to an activating group) is 1. The molecule has 0 saturated heterocycles. The van der Waals surface area contributed by atoms with Gasteiger partial charge in [0.1, 0.15) is 0 Å². The Bertz CT molecular complexity index is 543. The van der Waals surface area contributed by atoms with Crippen LogP contribution in [0.15, 0.2) is 24.5 Å². The molecule has 5 heteroatoms. The SMILES string of the molecule is CCO[C@@H]1C[C@@H](N(C)CC(=O)NCc2cccnc2)C12CCCC2. The van der Waals surface area contributed by atoms with Gasteiger partial charge in [-0.15, -0.1) is 0 Å². The Morgan fingerprint density at radius 2 is 2.25 bits per heavy atom. The zero-order chi connectivity index (χ0) is 17.0. The first kappa shape index (κ1) is 17.4. The molecular formula is C19H29N3O2. The molecule has 132 valence electrons. The van der Waals surface area contributed by atoms with Crippen molar-refractivity contribution in [3.8, 4) is 0 Å². The summed E-state index contributed by atoms with van der Waals surface area (Å²) in [4.78, 5) is 18.6. The smallest absolute Gasteiger partial charge is 0.234 e. The molecule has 0 aromatic carbocycles. The lowest BCUT2D eigenvalue weighted by Gasteiger charge is -2.57. The molecule has 1 aromatic heterocycles. The Hall–Kier alpha value is -1.46. The third-order valence-corrected chi connectivity index (χ3v) is 5.78. The zero-order valence-corrected chi connectivity index (χ0v) is 14.8. The highest BCUT2D eigenvalue weighted by Gasteiger charge is 2.57. The summed E-state index contributed by atoms with van der Waals surface area (Å²) in [6.07, 6.45) is 10.0. The molecule has 0 bridgehead atoms. The van der Waals surface area contributed by atoms with Crippen LogP contribution in [0, 0.1) is 5.41 Å². The highest BCUT2D eigenvalue weighted by atomic mass is 16.5. The van der Waals surface area contributed by atoms with E-state index >= 15 is 0 Å². The lowest BCUT2D eigenvalue weighted by Crippen LogP contribution is -2.63. The number of carbonyl (C=O) groups is 1. The van der Waals surface area contributed by atoms with Gasteiger partial charge in [0.25, 0.3) is 0 Å². The molecule has 2 fully saturated rings. The van der Waals surface area contributed by atoms with Crippen LogP contribution in [0.3, 0.4) is 0 Å². The summed E-state index contributed by atoms with van der Waals surface area (Å²) in [6.45, 7) is 3.85. The zero-order valence-electron chi connectivity index (χ0n) is 14.8. The first-order valence-corrected chi connectivity index (χ1v) is 9.13. The quantitative estimate of drug-likeness (QED) is 0.833. The summed E-state index contributed by atoms with van der Waals surface area (Å²) in [5.41, 5.74) is 1.31. The van der Waals surface area contributed by atoms with Crippen molar-refractivity contribution in [3.63, 3.8) is 0 Å². The Kier molecular flexibility index (Phi) is 5.51. The van der Waals surface area contributed by atoms with Gasteiger partial charge in [-0.1, -0.05) is 18.9 Å². The highest BCUT2D eigenvalue weighted by Crippen LogP contribution is 2.56. The third kappa shape index (κ3) is 3.47. The second-order valence-electron chi connectivity index (χ2n) is 7.19. The first-order valence-electron chi connectivity index (χ1n) is 9.13. The fourth-order valence-electron chi connectivity index (χ4n) is 4.56. The number of hydrogen-bond acceptors (Lipinski definition) is 4. The van der Waals surface area contributed by atoms with Gasteiger partial charge in [-0.05, 0) is 44.9 Å². The van der Waals surface area contributed by atoms with E-state index in [9.17, 15) is 4.79 Å². The van der Waals surface area contributed by atoms with Gasteiger partial charge in [-0.3, -0.25) is 14.7 Å². The van der Waals surface area contributed by atoms with Crippen LogP contribution in [0.4, 0.5) is 0 Å². The van der Waals surface area contributed by atoms with Crippen LogP contribution in [0.25, 0.3) is 0 Å². The molecule has 2 aliphatic rings.